The number of nitrogens with zero attached hydrogens (tertiary/aromatic N) is 1. The molecule has 3 rings (SSSR count). The third kappa shape index (κ3) is 1.98. The number of rotatable bonds is 3. The Balaban J connectivity index is 2.24. The van der Waals surface area contributed by atoms with E-state index in [9.17, 15) is 0 Å². The summed E-state index contributed by atoms with van der Waals surface area (Å²) in [4.78, 5) is 4.80. The van der Waals surface area contributed by atoms with Crippen molar-refractivity contribution in [3.63, 3.8) is 0 Å². The van der Waals surface area contributed by atoms with Crippen molar-refractivity contribution in [1.29, 1.82) is 0 Å². The molecule has 1 aromatic heterocycles. The third-order valence-electron chi connectivity index (χ3n) is 4.36. The van der Waals surface area contributed by atoms with Gasteiger partial charge in [0.2, 0.25) is 0 Å². The largest absolute Gasteiger partial charge is 0.323 e. The van der Waals surface area contributed by atoms with Gasteiger partial charge in [0.25, 0.3) is 0 Å². The zero-order valence-corrected chi connectivity index (χ0v) is 11.7. The van der Waals surface area contributed by atoms with E-state index in [1.807, 2.05) is 0 Å². The molecular formula is C16H21N3. The number of nitrogens with one attached hydrogen (secondary N) is 1. The average Bonchev–Trinajstić information content (AvgIpc) is 2.91. The van der Waals surface area contributed by atoms with E-state index in [1.54, 1.807) is 0 Å². The van der Waals surface area contributed by atoms with Crippen molar-refractivity contribution in [2.24, 2.45) is 5.84 Å². The minimum atomic E-state index is 0.572. The molecule has 0 radical (unpaired) electrons. The fourth-order valence-electron chi connectivity index (χ4n) is 2.99. The first kappa shape index (κ1) is 12.4. The molecule has 3 N–H and O–H groups in total. The number of benzene rings is 1. The molecular weight excluding hydrogens is 234 g/mol. The van der Waals surface area contributed by atoms with Crippen molar-refractivity contribution in [3.8, 4) is 0 Å². The van der Waals surface area contributed by atoms with Crippen molar-refractivity contribution < 1.29 is 0 Å². The van der Waals surface area contributed by atoms with E-state index in [0.717, 1.165) is 30.5 Å². The number of nitrogen functional groups attached to an aromatic ring is 1. The van der Waals surface area contributed by atoms with Crippen LogP contribution in [0.2, 0.25) is 0 Å². The lowest BCUT2D eigenvalue weighted by Crippen LogP contribution is -2.11. The number of anilines is 1. The maximum Gasteiger partial charge on any atom is 0.0726 e. The van der Waals surface area contributed by atoms with Crippen LogP contribution < -0.4 is 11.3 Å². The van der Waals surface area contributed by atoms with Gasteiger partial charge in [0.05, 0.1) is 11.2 Å². The number of hydrogen-bond acceptors (Lipinski definition) is 3. The highest BCUT2D eigenvalue weighted by molar-refractivity contribution is 5.94. The summed E-state index contributed by atoms with van der Waals surface area (Å²) in [5.74, 6) is 6.34. The molecule has 0 aliphatic heterocycles. The third-order valence-corrected chi connectivity index (χ3v) is 4.36. The second-order valence-corrected chi connectivity index (χ2v) is 5.50. The van der Waals surface area contributed by atoms with Gasteiger partial charge >= 0.3 is 0 Å². The summed E-state index contributed by atoms with van der Waals surface area (Å²) >= 11 is 0. The van der Waals surface area contributed by atoms with Crippen molar-refractivity contribution in [1.82, 2.24) is 4.98 Å². The summed E-state index contributed by atoms with van der Waals surface area (Å²) in [5, 5.41) is 1.17. The minimum absolute atomic E-state index is 0.572. The van der Waals surface area contributed by atoms with Gasteiger partial charge < -0.3 is 5.43 Å². The molecule has 1 aromatic carbocycles. The molecule has 3 heteroatoms. The molecule has 0 fully saturated rings. The maximum atomic E-state index is 5.77. The topological polar surface area (TPSA) is 50.9 Å². The molecule has 0 bridgehead atoms. The van der Waals surface area contributed by atoms with Gasteiger partial charge in [-0.2, -0.15) is 0 Å². The van der Waals surface area contributed by atoms with E-state index in [4.69, 9.17) is 10.8 Å². The zero-order chi connectivity index (χ0) is 13.4. The number of aryl methyl sites for hydroxylation is 1. The Hall–Kier alpha value is -1.61. The first-order valence-electron chi connectivity index (χ1n) is 7.16. The SMILES string of the molecule is CCC(C)c1ccc2nc3c(c(NN)c2c1)CCC3. The first-order valence-corrected chi connectivity index (χ1v) is 7.16. The van der Waals surface area contributed by atoms with E-state index < -0.39 is 0 Å². The summed E-state index contributed by atoms with van der Waals surface area (Å²) < 4.78 is 0. The lowest BCUT2D eigenvalue weighted by atomic mass is 9.96. The number of pyridine rings is 1. The van der Waals surface area contributed by atoms with Crippen LogP contribution >= 0.6 is 0 Å². The highest BCUT2D eigenvalue weighted by Crippen LogP contribution is 2.35. The highest BCUT2D eigenvalue weighted by Gasteiger charge is 2.19. The van der Waals surface area contributed by atoms with E-state index in [1.165, 1.54) is 28.6 Å². The molecule has 2 aromatic rings. The second kappa shape index (κ2) is 4.82. The minimum Gasteiger partial charge on any atom is -0.323 e. The van der Waals surface area contributed by atoms with Gasteiger partial charge in [-0.3, -0.25) is 10.8 Å². The van der Waals surface area contributed by atoms with Crippen molar-refractivity contribution in [3.05, 3.63) is 35.0 Å². The van der Waals surface area contributed by atoms with Crippen LogP contribution in [0.5, 0.6) is 0 Å². The molecule has 1 unspecified atom stereocenters. The average molecular weight is 255 g/mol. The maximum absolute atomic E-state index is 5.77. The molecule has 19 heavy (non-hydrogen) atoms. The first-order chi connectivity index (χ1) is 9.24. The van der Waals surface area contributed by atoms with E-state index >= 15 is 0 Å². The van der Waals surface area contributed by atoms with Crippen LogP contribution in [0.15, 0.2) is 18.2 Å². The predicted octanol–water partition coefficient (Wildman–Crippen LogP) is 3.52. The quantitative estimate of drug-likeness (QED) is 0.651. The standard InChI is InChI=1S/C16H21N3/c1-3-10(2)11-7-8-15-13(9-11)16(19-17)12-5-4-6-14(12)18-15/h7-10H,3-6,17H2,1-2H3,(H,18,19). The van der Waals surface area contributed by atoms with Crippen LogP contribution in [0.4, 0.5) is 5.69 Å². The number of nitrogens with two attached hydrogens (primary N) is 1. The van der Waals surface area contributed by atoms with Crippen molar-refractivity contribution >= 4 is 16.6 Å². The van der Waals surface area contributed by atoms with Gasteiger partial charge in [-0.05, 0) is 54.9 Å². The van der Waals surface area contributed by atoms with Crippen LogP contribution in [-0.2, 0) is 12.8 Å². The van der Waals surface area contributed by atoms with Crippen molar-refractivity contribution in [2.45, 2.75) is 45.4 Å². The zero-order valence-electron chi connectivity index (χ0n) is 11.7. The van der Waals surface area contributed by atoms with Gasteiger partial charge in [0, 0.05) is 11.1 Å². The van der Waals surface area contributed by atoms with Crippen LogP contribution in [0.1, 0.15) is 49.4 Å². The Kier molecular flexibility index (Phi) is 3.15. The summed E-state index contributed by atoms with van der Waals surface area (Å²) in [6.07, 6.45) is 4.50. The van der Waals surface area contributed by atoms with Crippen molar-refractivity contribution in [2.75, 3.05) is 5.43 Å². The van der Waals surface area contributed by atoms with E-state index in [-0.39, 0.29) is 0 Å². The molecule has 1 atom stereocenters. The molecule has 3 nitrogen and oxygen atoms in total. The highest BCUT2D eigenvalue weighted by atomic mass is 15.2. The predicted molar refractivity (Wildman–Crippen MR) is 80.3 cm³/mol. The summed E-state index contributed by atoms with van der Waals surface area (Å²) in [7, 11) is 0. The fraction of sp³-hybridized carbons (Fsp3) is 0.438. The lowest BCUT2D eigenvalue weighted by Gasteiger charge is -2.15. The van der Waals surface area contributed by atoms with Crippen LogP contribution in [0.3, 0.4) is 0 Å². The van der Waals surface area contributed by atoms with Gasteiger partial charge in [0.1, 0.15) is 0 Å². The molecule has 100 valence electrons. The molecule has 1 aliphatic carbocycles. The van der Waals surface area contributed by atoms with Gasteiger partial charge in [-0.15, -0.1) is 0 Å². The Labute approximate surface area is 114 Å². The number of fused-ring (bicyclic) bond motifs is 2. The van der Waals surface area contributed by atoms with Gasteiger partial charge in [0.15, 0.2) is 0 Å². The molecule has 1 aliphatic rings. The number of hydrogen-bond donors (Lipinski definition) is 2. The summed E-state index contributed by atoms with van der Waals surface area (Å²) in [6, 6.07) is 6.59. The molecule has 1 heterocycles. The fourth-order valence-corrected chi connectivity index (χ4v) is 2.99. The molecule has 0 spiro atoms. The van der Waals surface area contributed by atoms with E-state index in [2.05, 4.69) is 37.5 Å². The molecule has 0 saturated carbocycles. The molecule has 0 saturated heterocycles. The van der Waals surface area contributed by atoms with Gasteiger partial charge in [-0.25, -0.2) is 0 Å². The van der Waals surface area contributed by atoms with Crippen LogP contribution in [-0.4, -0.2) is 4.98 Å². The smallest absolute Gasteiger partial charge is 0.0726 e. The normalized spacial score (nSPS) is 15.5. The van der Waals surface area contributed by atoms with Gasteiger partial charge in [-0.1, -0.05) is 19.9 Å². The Morgan fingerprint density at radius 3 is 2.95 bits per heavy atom. The number of aromatic nitrogens is 1. The second-order valence-electron chi connectivity index (χ2n) is 5.50. The number of hydrazine groups is 1. The van der Waals surface area contributed by atoms with Crippen LogP contribution in [0.25, 0.3) is 10.9 Å². The lowest BCUT2D eigenvalue weighted by molar-refractivity contribution is 0.734. The summed E-state index contributed by atoms with van der Waals surface area (Å²) in [5.41, 5.74) is 8.96. The van der Waals surface area contributed by atoms with Crippen LogP contribution in [0, 0.1) is 0 Å². The summed E-state index contributed by atoms with van der Waals surface area (Å²) in [6.45, 7) is 4.48. The Morgan fingerprint density at radius 1 is 1.37 bits per heavy atom. The Bertz CT molecular complexity index is 619. The molecule has 0 amide bonds. The monoisotopic (exact) mass is 255 g/mol. The van der Waals surface area contributed by atoms with E-state index in [0.29, 0.717) is 5.92 Å². The Morgan fingerprint density at radius 2 is 2.21 bits per heavy atom.